The Labute approximate surface area is 94.5 Å². The van der Waals surface area contributed by atoms with Gasteiger partial charge >= 0.3 is 0 Å². The second-order valence-corrected chi connectivity index (χ2v) is 4.13. The maximum Gasteiger partial charge on any atom is 0.254 e. The van der Waals surface area contributed by atoms with Gasteiger partial charge in [-0.2, -0.15) is 0 Å². The molecule has 1 saturated carbocycles. The number of aromatic nitrogens is 2. The Morgan fingerprint density at radius 1 is 1.44 bits per heavy atom. The first kappa shape index (κ1) is 11.0. The van der Waals surface area contributed by atoms with Gasteiger partial charge in [0.2, 0.25) is 0 Å². The predicted molar refractivity (Wildman–Crippen MR) is 59.7 cm³/mol. The molecule has 0 bridgehead atoms. The highest BCUT2D eigenvalue weighted by atomic mass is 16.1. The summed E-state index contributed by atoms with van der Waals surface area (Å²) in [6.45, 7) is 0.635. The molecule has 1 aromatic rings. The van der Waals surface area contributed by atoms with Crippen LogP contribution in [0.2, 0.25) is 0 Å². The Kier molecular flexibility index (Phi) is 3.46. The molecule has 1 aliphatic rings. The van der Waals surface area contributed by atoms with Crippen molar-refractivity contribution in [2.45, 2.75) is 25.3 Å². The minimum Gasteiger partial charge on any atom is -0.349 e. The molecule has 0 aromatic carbocycles. The minimum absolute atomic E-state index is 0.106. The van der Waals surface area contributed by atoms with E-state index in [1.54, 1.807) is 0 Å². The Balaban J connectivity index is 1.97. The van der Waals surface area contributed by atoms with Crippen LogP contribution in [0.15, 0.2) is 18.7 Å². The van der Waals surface area contributed by atoms with E-state index in [2.05, 4.69) is 15.3 Å². The van der Waals surface area contributed by atoms with Crippen LogP contribution in [0.4, 0.5) is 0 Å². The molecular weight excluding hydrogens is 204 g/mol. The highest BCUT2D eigenvalue weighted by molar-refractivity contribution is 5.93. The van der Waals surface area contributed by atoms with Gasteiger partial charge in [-0.25, -0.2) is 9.97 Å². The van der Waals surface area contributed by atoms with Gasteiger partial charge in [0.05, 0.1) is 5.56 Å². The maximum atomic E-state index is 11.8. The molecule has 0 aliphatic heterocycles. The second kappa shape index (κ2) is 5.03. The lowest BCUT2D eigenvalue weighted by atomic mass is 10.0. The average molecular weight is 220 g/mol. The van der Waals surface area contributed by atoms with Gasteiger partial charge in [-0.15, -0.1) is 0 Å². The molecule has 16 heavy (non-hydrogen) atoms. The Hall–Kier alpha value is -1.49. The number of carbonyl (C=O) groups is 1. The van der Waals surface area contributed by atoms with E-state index in [1.807, 2.05) is 0 Å². The molecule has 1 fully saturated rings. The van der Waals surface area contributed by atoms with E-state index in [-0.39, 0.29) is 11.9 Å². The number of nitrogens with one attached hydrogen (secondary N) is 1. The molecule has 2 atom stereocenters. The molecule has 0 spiro atoms. The summed E-state index contributed by atoms with van der Waals surface area (Å²) in [6.07, 6.45) is 7.71. The standard InChI is InChI=1S/C11H16N4O/c12-4-8-2-1-3-10(8)15-11(16)9-5-13-7-14-6-9/h5-8,10H,1-4,12H2,(H,15,16). The zero-order valence-corrected chi connectivity index (χ0v) is 9.10. The number of hydrogen-bond acceptors (Lipinski definition) is 4. The molecule has 2 rings (SSSR count). The summed E-state index contributed by atoms with van der Waals surface area (Å²) in [5, 5.41) is 3.00. The van der Waals surface area contributed by atoms with Crippen LogP contribution in [0.5, 0.6) is 0 Å². The third-order valence-corrected chi connectivity index (χ3v) is 3.10. The summed E-state index contributed by atoms with van der Waals surface area (Å²) >= 11 is 0. The number of hydrogen-bond donors (Lipinski definition) is 2. The fourth-order valence-corrected chi connectivity index (χ4v) is 2.18. The molecule has 1 heterocycles. The lowest BCUT2D eigenvalue weighted by molar-refractivity contribution is 0.0928. The van der Waals surface area contributed by atoms with Gasteiger partial charge in [-0.3, -0.25) is 4.79 Å². The van der Waals surface area contributed by atoms with E-state index in [0.29, 0.717) is 18.0 Å². The molecular formula is C11H16N4O. The first-order valence-corrected chi connectivity index (χ1v) is 5.57. The van der Waals surface area contributed by atoms with E-state index in [4.69, 9.17) is 5.73 Å². The maximum absolute atomic E-state index is 11.8. The molecule has 1 aromatic heterocycles. The van der Waals surface area contributed by atoms with Gasteiger partial charge in [0, 0.05) is 18.4 Å². The minimum atomic E-state index is -0.106. The van der Waals surface area contributed by atoms with Gasteiger partial charge in [0.25, 0.3) is 5.91 Å². The van der Waals surface area contributed by atoms with E-state index in [0.717, 1.165) is 19.3 Å². The van der Waals surface area contributed by atoms with Crippen molar-refractivity contribution in [2.24, 2.45) is 11.7 Å². The lowest BCUT2D eigenvalue weighted by Gasteiger charge is -2.19. The van der Waals surface area contributed by atoms with Crippen molar-refractivity contribution < 1.29 is 4.79 Å². The molecule has 0 radical (unpaired) electrons. The Morgan fingerprint density at radius 3 is 2.88 bits per heavy atom. The summed E-state index contributed by atoms with van der Waals surface area (Å²) < 4.78 is 0. The van der Waals surface area contributed by atoms with Gasteiger partial charge in [0.1, 0.15) is 6.33 Å². The molecule has 5 heteroatoms. The Morgan fingerprint density at radius 2 is 2.19 bits per heavy atom. The third kappa shape index (κ3) is 2.36. The number of nitrogens with two attached hydrogens (primary N) is 1. The van der Waals surface area contributed by atoms with Crippen LogP contribution in [-0.4, -0.2) is 28.5 Å². The van der Waals surface area contributed by atoms with Crippen LogP contribution in [0.25, 0.3) is 0 Å². The molecule has 5 nitrogen and oxygen atoms in total. The molecule has 1 aliphatic carbocycles. The third-order valence-electron chi connectivity index (χ3n) is 3.10. The van der Waals surface area contributed by atoms with Crippen molar-refractivity contribution in [2.75, 3.05) is 6.54 Å². The zero-order chi connectivity index (χ0) is 11.4. The fourth-order valence-electron chi connectivity index (χ4n) is 2.18. The summed E-state index contributed by atoms with van der Waals surface area (Å²) in [5.41, 5.74) is 6.17. The molecule has 1 amide bonds. The van der Waals surface area contributed by atoms with Crippen molar-refractivity contribution >= 4 is 5.91 Å². The first-order valence-electron chi connectivity index (χ1n) is 5.57. The van der Waals surface area contributed by atoms with Crippen LogP contribution < -0.4 is 11.1 Å². The van der Waals surface area contributed by atoms with Gasteiger partial charge in [-0.05, 0) is 25.3 Å². The summed E-state index contributed by atoms with van der Waals surface area (Å²) in [7, 11) is 0. The zero-order valence-electron chi connectivity index (χ0n) is 9.10. The highest BCUT2D eigenvalue weighted by Gasteiger charge is 2.27. The second-order valence-electron chi connectivity index (χ2n) is 4.13. The van der Waals surface area contributed by atoms with Crippen LogP contribution in [0.3, 0.4) is 0 Å². The topological polar surface area (TPSA) is 80.9 Å². The average Bonchev–Trinajstić information content (AvgIpc) is 2.77. The Bertz CT molecular complexity index is 354. The SMILES string of the molecule is NCC1CCCC1NC(=O)c1cncnc1. The van der Waals surface area contributed by atoms with E-state index in [1.165, 1.54) is 18.7 Å². The molecule has 0 saturated heterocycles. The van der Waals surface area contributed by atoms with E-state index >= 15 is 0 Å². The van der Waals surface area contributed by atoms with Crippen LogP contribution >= 0.6 is 0 Å². The van der Waals surface area contributed by atoms with Gasteiger partial charge in [-0.1, -0.05) is 6.42 Å². The normalized spacial score (nSPS) is 24.3. The first-order chi connectivity index (χ1) is 7.81. The van der Waals surface area contributed by atoms with Gasteiger partial charge in [0.15, 0.2) is 0 Å². The monoisotopic (exact) mass is 220 g/mol. The fraction of sp³-hybridized carbons (Fsp3) is 0.545. The van der Waals surface area contributed by atoms with Gasteiger partial charge < -0.3 is 11.1 Å². The van der Waals surface area contributed by atoms with Crippen molar-refractivity contribution in [3.63, 3.8) is 0 Å². The van der Waals surface area contributed by atoms with E-state index in [9.17, 15) is 4.79 Å². The smallest absolute Gasteiger partial charge is 0.254 e. The number of amides is 1. The summed E-state index contributed by atoms with van der Waals surface area (Å²) in [5.74, 6) is 0.305. The van der Waals surface area contributed by atoms with Crippen LogP contribution in [-0.2, 0) is 0 Å². The van der Waals surface area contributed by atoms with Crippen LogP contribution in [0.1, 0.15) is 29.6 Å². The molecule has 3 N–H and O–H groups in total. The quantitative estimate of drug-likeness (QED) is 0.769. The van der Waals surface area contributed by atoms with Crippen molar-refractivity contribution in [3.8, 4) is 0 Å². The predicted octanol–water partition coefficient (Wildman–Crippen LogP) is 0.334. The molecule has 2 unspecified atom stereocenters. The van der Waals surface area contributed by atoms with Crippen molar-refractivity contribution in [1.82, 2.24) is 15.3 Å². The molecule has 86 valence electrons. The van der Waals surface area contributed by atoms with Crippen molar-refractivity contribution in [1.29, 1.82) is 0 Å². The number of carbonyl (C=O) groups excluding carboxylic acids is 1. The lowest BCUT2D eigenvalue weighted by Crippen LogP contribution is -2.39. The van der Waals surface area contributed by atoms with E-state index < -0.39 is 0 Å². The summed E-state index contributed by atoms with van der Waals surface area (Å²) in [4.78, 5) is 19.5. The summed E-state index contributed by atoms with van der Waals surface area (Å²) in [6, 6.07) is 0.206. The van der Waals surface area contributed by atoms with Crippen LogP contribution in [0, 0.1) is 5.92 Å². The van der Waals surface area contributed by atoms with Crippen molar-refractivity contribution in [3.05, 3.63) is 24.3 Å². The largest absolute Gasteiger partial charge is 0.349 e. The number of rotatable bonds is 3. The number of nitrogens with zero attached hydrogens (tertiary/aromatic N) is 2. The highest BCUT2D eigenvalue weighted by Crippen LogP contribution is 2.24.